The van der Waals surface area contributed by atoms with Crippen molar-refractivity contribution in [2.24, 2.45) is 10.9 Å². The Hall–Kier alpha value is -1.75. The van der Waals surface area contributed by atoms with Gasteiger partial charge in [-0.25, -0.2) is 0 Å². The zero-order chi connectivity index (χ0) is 10.7. The highest BCUT2D eigenvalue weighted by Crippen LogP contribution is 2.16. The zero-order valence-electron chi connectivity index (χ0n) is 8.09. The van der Waals surface area contributed by atoms with Crippen LogP contribution in [0.1, 0.15) is 5.56 Å². The van der Waals surface area contributed by atoms with Crippen LogP contribution >= 0.6 is 0 Å². The highest BCUT2D eigenvalue weighted by Gasteiger charge is 2.19. The van der Waals surface area contributed by atoms with Crippen molar-refractivity contribution in [3.8, 4) is 5.75 Å². The van der Waals surface area contributed by atoms with Crippen molar-refractivity contribution in [1.29, 1.82) is 0 Å². The topological polar surface area (TPSA) is 77.1 Å². The molecule has 1 fully saturated rings. The lowest BCUT2D eigenvalue weighted by Crippen LogP contribution is -2.38. The average molecular weight is 208 g/mol. The third kappa shape index (κ3) is 2.19. The standard InChI is InChI=1S/C10H12N2O3/c11-10(12-13)7-1-3-8(4-2-7)15-9-5-14-6-9/h1-4,9,13H,5-6H2,(H2,11,12). The fourth-order valence-corrected chi connectivity index (χ4v) is 1.24. The molecule has 0 atom stereocenters. The molecule has 0 aliphatic carbocycles. The molecule has 1 aromatic carbocycles. The van der Waals surface area contributed by atoms with E-state index < -0.39 is 0 Å². The van der Waals surface area contributed by atoms with Gasteiger partial charge in [0.05, 0.1) is 13.2 Å². The Balaban J connectivity index is 2.03. The van der Waals surface area contributed by atoms with Crippen LogP contribution in [0.25, 0.3) is 0 Å². The predicted molar refractivity (Wildman–Crippen MR) is 54.2 cm³/mol. The van der Waals surface area contributed by atoms with E-state index in [1.54, 1.807) is 24.3 Å². The lowest BCUT2D eigenvalue weighted by Gasteiger charge is -2.26. The second-order valence-electron chi connectivity index (χ2n) is 3.29. The van der Waals surface area contributed by atoms with Gasteiger partial charge in [-0.05, 0) is 24.3 Å². The molecule has 0 saturated carbocycles. The third-order valence-corrected chi connectivity index (χ3v) is 2.17. The molecule has 0 amide bonds. The zero-order valence-corrected chi connectivity index (χ0v) is 8.09. The highest BCUT2D eigenvalue weighted by atomic mass is 16.6. The van der Waals surface area contributed by atoms with Gasteiger partial charge in [0.1, 0.15) is 11.9 Å². The van der Waals surface area contributed by atoms with Crippen molar-refractivity contribution in [2.75, 3.05) is 13.2 Å². The van der Waals surface area contributed by atoms with Crippen molar-refractivity contribution in [1.82, 2.24) is 0 Å². The quantitative estimate of drug-likeness (QED) is 0.329. The largest absolute Gasteiger partial charge is 0.486 e. The second-order valence-corrected chi connectivity index (χ2v) is 3.29. The fourth-order valence-electron chi connectivity index (χ4n) is 1.24. The summed E-state index contributed by atoms with van der Waals surface area (Å²) in [6, 6.07) is 7.05. The molecular formula is C10H12N2O3. The van der Waals surface area contributed by atoms with E-state index in [1.807, 2.05) is 0 Å². The molecule has 0 bridgehead atoms. The van der Waals surface area contributed by atoms with Crippen molar-refractivity contribution in [2.45, 2.75) is 6.10 Å². The lowest BCUT2D eigenvalue weighted by atomic mass is 10.2. The number of amidine groups is 1. The van der Waals surface area contributed by atoms with E-state index in [1.165, 1.54) is 0 Å². The number of oxime groups is 1. The molecule has 1 aliphatic rings. The Kier molecular flexibility index (Phi) is 2.73. The first-order valence-corrected chi connectivity index (χ1v) is 4.62. The maximum atomic E-state index is 8.47. The lowest BCUT2D eigenvalue weighted by molar-refractivity contribution is -0.0796. The van der Waals surface area contributed by atoms with Crippen LogP contribution in [0.2, 0.25) is 0 Å². The number of hydrogen-bond donors (Lipinski definition) is 2. The van der Waals surface area contributed by atoms with Gasteiger partial charge in [-0.15, -0.1) is 0 Å². The highest BCUT2D eigenvalue weighted by molar-refractivity contribution is 5.97. The van der Waals surface area contributed by atoms with E-state index in [0.29, 0.717) is 18.8 Å². The smallest absolute Gasteiger partial charge is 0.170 e. The summed E-state index contributed by atoms with van der Waals surface area (Å²) in [5.74, 6) is 0.853. The molecule has 0 spiro atoms. The van der Waals surface area contributed by atoms with E-state index in [9.17, 15) is 0 Å². The summed E-state index contributed by atoms with van der Waals surface area (Å²) in [6.45, 7) is 1.28. The van der Waals surface area contributed by atoms with Gasteiger partial charge in [0.2, 0.25) is 0 Å². The molecule has 5 nitrogen and oxygen atoms in total. The van der Waals surface area contributed by atoms with Gasteiger partial charge in [-0.2, -0.15) is 0 Å². The molecular weight excluding hydrogens is 196 g/mol. The van der Waals surface area contributed by atoms with Crippen molar-refractivity contribution in [3.63, 3.8) is 0 Å². The number of ether oxygens (including phenoxy) is 2. The van der Waals surface area contributed by atoms with Gasteiger partial charge >= 0.3 is 0 Å². The van der Waals surface area contributed by atoms with E-state index in [2.05, 4.69) is 5.16 Å². The molecule has 1 aliphatic heterocycles. The van der Waals surface area contributed by atoms with Crippen LogP contribution in [0.3, 0.4) is 0 Å². The van der Waals surface area contributed by atoms with Gasteiger partial charge in [0.15, 0.2) is 5.84 Å². The monoisotopic (exact) mass is 208 g/mol. The normalized spacial score (nSPS) is 17.2. The van der Waals surface area contributed by atoms with E-state index >= 15 is 0 Å². The summed E-state index contributed by atoms with van der Waals surface area (Å²) >= 11 is 0. The van der Waals surface area contributed by atoms with Crippen LogP contribution in [0, 0.1) is 0 Å². The van der Waals surface area contributed by atoms with Crippen molar-refractivity contribution < 1.29 is 14.7 Å². The maximum Gasteiger partial charge on any atom is 0.170 e. The molecule has 2 rings (SSSR count). The minimum Gasteiger partial charge on any atom is -0.486 e. The van der Waals surface area contributed by atoms with Crippen molar-refractivity contribution >= 4 is 5.84 Å². The number of hydrogen-bond acceptors (Lipinski definition) is 4. The number of nitrogens with zero attached hydrogens (tertiary/aromatic N) is 1. The summed E-state index contributed by atoms with van der Waals surface area (Å²) in [5, 5.41) is 11.4. The van der Waals surface area contributed by atoms with E-state index in [-0.39, 0.29) is 11.9 Å². The van der Waals surface area contributed by atoms with Crippen LogP contribution in [0.15, 0.2) is 29.4 Å². The van der Waals surface area contributed by atoms with Crippen LogP contribution < -0.4 is 10.5 Å². The Morgan fingerprint density at radius 3 is 2.53 bits per heavy atom. The number of rotatable bonds is 3. The molecule has 0 aromatic heterocycles. The molecule has 1 aromatic rings. The first-order valence-electron chi connectivity index (χ1n) is 4.62. The van der Waals surface area contributed by atoms with Gasteiger partial charge < -0.3 is 20.4 Å². The van der Waals surface area contributed by atoms with Crippen LogP contribution in [-0.2, 0) is 4.74 Å². The Bertz CT molecular complexity index is 357. The molecule has 1 heterocycles. The van der Waals surface area contributed by atoms with Crippen LogP contribution in [-0.4, -0.2) is 30.4 Å². The van der Waals surface area contributed by atoms with Gasteiger partial charge in [0.25, 0.3) is 0 Å². The third-order valence-electron chi connectivity index (χ3n) is 2.17. The summed E-state index contributed by atoms with van der Waals surface area (Å²) in [5.41, 5.74) is 6.08. The average Bonchev–Trinajstić information content (AvgIpc) is 2.23. The first-order chi connectivity index (χ1) is 7.29. The van der Waals surface area contributed by atoms with Crippen molar-refractivity contribution in [3.05, 3.63) is 29.8 Å². The molecule has 15 heavy (non-hydrogen) atoms. The molecule has 0 radical (unpaired) electrons. The molecule has 1 saturated heterocycles. The first kappa shape index (κ1) is 9.79. The molecule has 5 heteroatoms. The summed E-state index contributed by atoms with van der Waals surface area (Å²) in [6.07, 6.45) is 0.153. The summed E-state index contributed by atoms with van der Waals surface area (Å²) in [4.78, 5) is 0. The summed E-state index contributed by atoms with van der Waals surface area (Å²) in [7, 11) is 0. The van der Waals surface area contributed by atoms with Gasteiger partial charge in [0, 0.05) is 5.56 Å². The maximum absolute atomic E-state index is 8.47. The SMILES string of the molecule is N/C(=N/O)c1ccc(OC2COC2)cc1. The number of benzene rings is 1. The fraction of sp³-hybridized carbons (Fsp3) is 0.300. The van der Waals surface area contributed by atoms with Crippen LogP contribution in [0.4, 0.5) is 0 Å². The number of nitrogens with two attached hydrogens (primary N) is 1. The van der Waals surface area contributed by atoms with E-state index in [0.717, 1.165) is 5.75 Å². The summed E-state index contributed by atoms with van der Waals surface area (Å²) < 4.78 is 10.5. The Morgan fingerprint density at radius 1 is 1.40 bits per heavy atom. The molecule has 3 N–H and O–H groups in total. The Morgan fingerprint density at radius 2 is 2.07 bits per heavy atom. The minimum atomic E-state index is 0.0912. The van der Waals surface area contributed by atoms with Gasteiger partial charge in [-0.1, -0.05) is 5.16 Å². The molecule has 0 unspecified atom stereocenters. The van der Waals surface area contributed by atoms with Crippen LogP contribution in [0.5, 0.6) is 5.75 Å². The minimum absolute atomic E-state index is 0.0912. The molecule has 80 valence electrons. The van der Waals surface area contributed by atoms with Gasteiger partial charge in [-0.3, -0.25) is 0 Å². The predicted octanol–water partition coefficient (Wildman–Crippen LogP) is 0.559. The Labute approximate surface area is 87.1 Å². The second kappa shape index (κ2) is 4.18. The van der Waals surface area contributed by atoms with E-state index in [4.69, 9.17) is 20.4 Å².